The molecule has 1 aromatic heterocycles. The normalized spacial score (nSPS) is 26.9. The first-order valence-corrected chi connectivity index (χ1v) is 6.58. The fraction of sp³-hybridized carbons (Fsp3) is 0.727. The van der Waals surface area contributed by atoms with Crippen LogP contribution in [-0.4, -0.2) is 33.6 Å². The van der Waals surface area contributed by atoms with E-state index < -0.39 is 0 Å². The molecule has 1 saturated heterocycles. The molecule has 0 radical (unpaired) electrons. The highest BCUT2D eigenvalue weighted by Gasteiger charge is 2.27. The van der Waals surface area contributed by atoms with Crippen molar-refractivity contribution in [3.63, 3.8) is 0 Å². The van der Waals surface area contributed by atoms with E-state index in [1.54, 1.807) is 0 Å². The monoisotopic (exact) mass is 269 g/mol. The van der Waals surface area contributed by atoms with Crippen LogP contribution in [0.3, 0.4) is 0 Å². The molecule has 3 heterocycles. The fourth-order valence-corrected chi connectivity index (χ4v) is 3.28. The lowest BCUT2D eigenvalue weighted by molar-refractivity contribution is 0.202. The molecule has 1 aromatic rings. The maximum Gasteiger partial charge on any atom is 0.111 e. The molecule has 1 fully saturated rings. The summed E-state index contributed by atoms with van der Waals surface area (Å²) in [7, 11) is 0. The average molecular weight is 270 g/mol. The second-order valence-corrected chi connectivity index (χ2v) is 5.35. The highest BCUT2D eigenvalue weighted by atomic mass is 79.9. The van der Waals surface area contributed by atoms with E-state index in [1.165, 1.54) is 38.2 Å². The zero-order chi connectivity index (χ0) is 10.3. The Morgan fingerprint density at radius 1 is 1.27 bits per heavy atom. The average Bonchev–Trinajstić information content (AvgIpc) is 2.88. The van der Waals surface area contributed by atoms with Crippen molar-refractivity contribution in [2.45, 2.75) is 38.3 Å². The zero-order valence-corrected chi connectivity index (χ0v) is 10.4. The molecule has 3 nitrogen and oxygen atoms in total. The van der Waals surface area contributed by atoms with Crippen molar-refractivity contribution in [2.75, 3.05) is 13.1 Å². The van der Waals surface area contributed by atoms with Crippen LogP contribution in [0.2, 0.25) is 0 Å². The van der Waals surface area contributed by atoms with Crippen LogP contribution >= 0.6 is 15.9 Å². The Hall–Kier alpha value is -0.350. The molecular formula is C11H16BrN3. The predicted molar refractivity (Wildman–Crippen MR) is 62.8 cm³/mol. The smallest absolute Gasteiger partial charge is 0.111 e. The second kappa shape index (κ2) is 3.91. The van der Waals surface area contributed by atoms with E-state index >= 15 is 0 Å². The third kappa shape index (κ3) is 1.74. The molecular weight excluding hydrogens is 254 g/mol. The van der Waals surface area contributed by atoms with E-state index in [1.807, 2.05) is 6.20 Å². The van der Waals surface area contributed by atoms with Crippen molar-refractivity contribution < 1.29 is 0 Å². The van der Waals surface area contributed by atoms with Crippen molar-refractivity contribution in [1.29, 1.82) is 0 Å². The Bertz CT molecular complexity index is 355. The highest BCUT2D eigenvalue weighted by molar-refractivity contribution is 9.10. The van der Waals surface area contributed by atoms with E-state index in [2.05, 4.69) is 30.4 Å². The maximum absolute atomic E-state index is 4.47. The largest absolute Gasteiger partial charge is 0.323 e. The van der Waals surface area contributed by atoms with Gasteiger partial charge in [-0.1, -0.05) is 0 Å². The molecule has 1 unspecified atom stereocenters. The van der Waals surface area contributed by atoms with Crippen molar-refractivity contribution in [2.24, 2.45) is 0 Å². The van der Waals surface area contributed by atoms with Gasteiger partial charge in [-0.2, -0.15) is 0 Å². The van der Waals surface area contributed by atoms with Gasteiger partial charge in [0, 0.05) is 19.0 Å². The third-order valence-electron chi connectivity index (χ3n) is 3.65. The Kier molecular flexibility index (Phi) is 2.56. The van der Waals surface area contributed by atoms with Crippen molar-refractivity contribution in [1.82, 2.24) is 14.5 Å². The van der Waals surface area contributed by atoms with Crippen molar-refractivity contribution in [3.8, 4) is 0 Å². The van der Waals surface area contributed by atoms with Gasteiger partial charge in [-0.3, -0.25) is 4.90 Å². The molecule has 2 aliphatic rings. The SMILES string of the molecule is Brc1cnc2n1CCC(N1CCCC1)C2. The van der Waals surface area contributed by atoms with Crippen LogP contribution in [0, 0.1) is 0 Å². The molecule has 0 saturated carbocycles. The molecule has 0 aliphatic carbocycles. The van der Waals surface area contributed by atoms with E-state index in [-0.39, 0.29) is 0 Å². The molecule has 0 aromatic carbocycles. The Labute approximate surface area is 98.6 Å². The number of halogens is 1. The molecule has 82 valence electrons. The van der Waals surface area contributed by atoms with E-state index in [0.29, 0.717) is 0 Å². The van der Waals surface area contributed by atoms with Crippen LogP contribution in [0.5, 0.6) is 0 Å². The molecule has 2 aliphatic heterocycles. The minimum Gasteiger partial charge on any atom is -0.323 e. The van der Waals surface area contributed by atoms with Gasteiger partial charge in [0.25, 0.3) is 0 Å². The molecule has 0 spiro atoms. The van der Waals surface area contributed by atoms with Crippen LogP contribution in [0.15, 0.2) is 10.8 Å². The van der Waals surface area contributed by atoms with Crippen LogP contribution in [0.4, 0.5) is 0 Å². The van der Waals surface area contributed by atoms with Gasteiger partial charge in [-0.15, -0.1) is 0 Å². The number of likely N-dealkylation sites (tertiary alicyclic amines) is 1. The van der Waals surface area contributed by atoms with Gasteiger partial charge >= 0.3 is 0 Å². The van der Waals surface area contributed by atoms with Crippen LogP contribution in [0.1, 0.15) is 25.1 Å². The number of hydrogen-bond acceptors (Lipinski definition) is 2. The molecule has 1 atom stereocenters. The number of rotatable bonds is 1. The molecule has 3 rings (SSSR count). The first kappa shape index (κ1) is 9.85. The van der Waals surface area contributed by atoms with Gasteiger partial charge in [-0.25, -0.2) is 4.98 Å². The van der Waals surface area contributed by atoms with E-state index in [9.17, 15) is 0 Å². The summed E-state index contributed by atoms with van der Waals surface area (Å²) in [4.78, 5) is 7.11. The predicted octanol–water partition coefficient (Wildman–Crippen LogP) is 2.06. The lowest BCUT2D eigenvalue weighted by atomic mass is 10.1. The molecule has 4 heteroatoms. The van der Waals surface area contributed by atoms with Gasteiger partial charge in [0.15, 0.2) is 0 Å². The number of imidazole rings is 1. The lowest BCUT2D eigenvalue weighted by Gasteiger charge is -2.31. The number of nitrogens with zero attached hydrogens (tertiary/aromatic N) is 3. The topological polar surface area (TPSA) is 21.1 Å². The minimum absolute atomic E-state index is 0.745. The summed E-state index contributed by atoms with van der Waals surface area (Å²) in [5, 5.41) is 0. The second-order valence-electron chi connectivity index (χ2n) is 4.54. The van der Waals surface area contributed by atoms with Crippen LogP contribution < -0.4 is 0 Å². The zero-order valence-electron chi connectivity index (χ0n) is 8.82. The first-order valence-electron chi connectivity index (χ1n) is 5.78. The molecule has 0 bridgehead atoms. The minimum atomic E-state index is 0.745. The Morgan fingerprint density at radius 2 is 2.07 bits per heavy atom. The van der Waals surface area contributed by atoms with Gasteiger partial charge in [0.2, 0.25) is 0 Å². The number of aromatic nitrogens is 2. The lowest BCUT2D eigenvalue weighted by Crippen LogP contribution is -2.38. The fourth-order valence-electron chi connectivity index (χ4n) is 2.80. The highest BCUT2D eigenvalue weighted by Crippen LogP contribution is 2.25. The Balaban J connectivity index is 1.77. The molecule has 0 amide bonds. The molecule has 0 N–H and O–H groups in total. The van der Waals surface area contributed by atoms with Gasteiger partial charge in [0.1, 0.15) is 10.4 Å². The van der Waals surface area contributed by atoms with Gasteiger partial charge in [-0.05, 0) is 48.3 Å². The van der Waals surface area contributed by atoms with Crippen LogP contribution in [-0.2, 0) is 13.0 Å². The summed E-state index contributed by atoms with van der Waals surface area (Å²) in [6, 6.07) is 0.745. The standard InChI is InChI=1S/C11H16BrN3/c12-10-8-13-11-7-9(3-6-15(10)11)14-4-1-2-5-14/h8-9H,1-7H2. The summed E-state index contributed by atoms with van der Waals surface area (Å²) < 4.78 is 3.43. The maximum atomic E-state index is 4.47. The van der Waals surface area contributed by atoms with Gasteiger partial charge < -0.3 is 4.57 Å². The summed E-state index contributed by atoms with van der Waals surface area (Å²) in [5.41, 5.74) is 0. The Morgan fingerprint density at radius 3 is 2.87 bits per heavy atom. The summed E-state index contributed by atoms with van der Waals surface area (Å²) >= 11 is 3.54. The summed E-state index contributed by atoms with van der Waals surface area (Å²) in [5.74, 6) is 1.25. The molecule has 15 heavy (non-hydrogen) atoms. The number of fused-ring (bicyclic) bond motifs is 1. The van der Waals surface area contributed by atoms with E-state index in [0.717, 1.165) is 23.6 Å². The summed E-state index contributed by atoms with van der Waals surface area (Å²) in [6.07, 6.45) is 7.11. The van der Waals surface area contributed by atoms with E-state index in [4.69, 9.17) is 0 Å². The first-order chi connectivity index (χ1) is 7.34. The van der Waals surface area contributed by atoms with Crippen molar-refractivity contribution in [3.05, 3.63) is 16.6 Å². The van der Waals surface area contributed by atoms with Gasteiger partial charge in [0.05, 0.1) is 6.20 Å². The quantitative estimate of drug-likeness (QED) is 0.778. The van der Waals surface area contributed by atoms with Crippen LogP contribution in [0.25, 0.3) is 0 Å². The van der Waals surface area contributed by atoms with Crippen molar-refractivity contribution >= 4 is 15.9 Å². The summed E-state index contributed by atoms with van der Waals surface area (Å²) in [6.45, 7) is 3.72. The third-order valence-corrected chi connectivity index (χ3v) is 4.28. The number of hydrogen-bond donors (Lipinski definition) is 0.